The van der Waals surface area contributed by atoms with E-state index in [4.69, 9.17) is 17.3 Å². The lowest BCUT2D eigenvalue weighted by Gasteiger charge is -2.41. The fourth-order valence-electron chi connectivity index (χ4n) is 5.37. The van der Waals surface area contributed by atoms with Gasteiger partial charge in [-0.05, 0) is 49.1 Å². The molecule has 1 saturated heterocycles. The molecule has 6 nitrogen and oxygen atoms in total. The van der Waals surface area contributed by atoms with Gasteiger partial charge in [0, 0.05) is 31.6 Å². The maximum Gasteiger partial charge on any atom is 0.257 e. The highest BCUT2D eigenvalue weighted by molar-refractivity contribution is 6.34. The fourth-order valence-corrected chi connectivity index (χ4v) is 5.61. The van der Waals surface area contributed by atoms with Crippen LogP contribution in [0.15, 0.2) is 12.1 Å². The number of hydrogen-bond donors (Lipinski definition) is 2. The van der Waals surface area contributed by atoms with Crippen molar-refractivity contribution >= 4 is 29.1 Å². The monoisotopic (exact) mass is 405 g/mol. The molecule has 3 fully saturated rings. The lowest BCUT2D eigenvalue weighted by Crippen LogP contribution is -2.56. The lowest BCUT2D eigenvalue weighted by atomic mass is 9.91. The van der Waals surface area contributed by atoms with Crippen LogP contribution in [-0.4, -0.2) is 52.4 Å². The second-order valence-corrected chi connectivity index (χ2v) is 9.60. The summed E-state index contributed by atoms with van der Waals surface area (Å²) < 4.78 is 0. The van der Waals surface area contributed by atoms with Gasteiger partial charge < -0.3 is 20.6 Å². The van der Waals surface area contributed by atoms with Gasteiger partial charge in [0.2, 0.25) is 5.91 Å². The van der Waals surface area contributed by atoms with Crippen molar-refractivity contribution in [2.45, 2.75) is 39.7 Å². The van der Waals surface area contributed by atoms with Crippen molar-refractivity contribution in [1.82, 2.24) is 9.80 Å². The zero-order valence-corrected chi connectivity index (χ0v) is 17.4. The molecule has 2 saturated carbocycles. The molecule has 1 aliphatic heterocycles. The number of halogens is 1. The molecule has 28 heavy (non-hydrogen) atoms. The first-order valence-electron chi connectivity index (χ1n) is 9.99. The number of carbonyl (C=O) groups excluding carboxylic acids is 2. The molecule has 2 amide bonds. The predicted molar refractivity (Wildman–Crippen MR) is 108 cm³/mol. The van der Waals surface area contributed by atoms with E-state index in [2.05, 4.69) is 13.8 Å². The molecule has 2 aliphatic carbocycles. The number of amides is 2. The SMILES string of the molecule is C[C@@H]1CN(C(=O)c2c(Cl)ccc(O)c2N)CCN1C(=O)C1C[C@@H]2[C@H](C1)C2(C)C. The Morgan fingerprint density at radius 2 is 1.86 bits per heavy atom. The largest absolute Gasteiger partial charge is 0.506 e. The van der Waals surface area contributed by atoms with E-state index in [1.54, 1.807) is 4.90 Å². The number of carbonyl (C=O) groups is 2. The number of rotatable bonds is 2. The molecule has 4 rings (SSSR count). The number of benzene rings is 1. The first-order valence-corrected chi connectivity index (χ1v) is 10.4. The maximum absolute atomic E-state index is 13.0. The van der Waals surface area contributed by atoms with E-state index in [9.17, 15) is 14.7 Å². The fraction of sp³-hybridized carbons (Fsp3) is 0.619. The number of phenols is 1. The highest BCUT2D eigenvalue weighted by atomic mass is 35.5. The molecule has 152 valence electrons. The van der Waals surface area contributed by atoms with Crippen molar-refractivity contribution in [2.75, 3.05) is 25.4 Å². The minimum absolute atomic E-state index is 0.00328. The molecule has 1 unspecified atom stereocenters. The van der Waals surface area contributed by atoms with Gasteiger partial charge in [-0.2, -0.15) is 0 Å². The predicted octanol–water partition coefficient (Wildman–Crippen LogP) is 2.98. The minimum Gasteiger partial charge on any atom is -0.506 e. The van der Waals surface area contributed by atoms with E-state index in [0.29, 0.717) is 36.9 Å². The molecule has 0 spiro atoms. The van der Waals surface area contributed by atoms with Crippen LogP contribution in [0.25, 0.3) is 0 Å². The number of piperazine rings is 1. The van der Waals surface area contributed by atoms with Crippen molar-refractivity contribution in [1.29, 1.82) is 0 Å². The third-order valence-electron chi connectivity index (χ3n) is 7.30. The highest BCUT2D eigenvalue weighted by Crippen LogP contribution is 2.68. The zero-order valence-electron chi connectivity index (χ0n) is 16.6. The van der Waals surface area contributed by atoms with Crippen LogP contribution in [0.4, 0.5) is 5.69 Å². The molecule has 0 aromatic heterocycles. The smallest absolute Gasteiger partial charge is 0.257 e. The number of nitrogen functional groups attached to an aromatic ring is 1. The van der Waals surface area contributed by atoms with Crippen LogP contribution >= 0.6 is 11.6 Å². The second-order valence-electron chi connectivity index (χ2n) is 9.19. The molecular formula is C21H28ClN3O3. The molecule has 1 heterocycles. The van der Waals surface area contributed by atoms with Crippen LogP contribution in [-0.2, 0) is 4.79 Å². The maximum atomic E-state index is 13.0. The number of fused-ring (bicyclic) bond motifs is 1. The summed E-state index contributed by atoms with van der Waals surface area (Å²) in [6, 6.07) is 2.78. The lowest BCUT2D eigenvalue weighted by molar-refractivity contribution is -0.140. The van der Waals surface area contributed by atoms with E-state index < -0.39 is 0 Å². The number of anilines is 1. The summed E-state index contributed by atoms with van der Waals surface area (Å²) in [5.41, 5.74) is 6.42. The first kappa shape index (κ1) is 19.4. The first-order chi connectivity index (χ1) is 13.1. The van der Waals surface area contributed by atoms with E-state index in [1.165, 1.54) is 12.1 Å². The van der Waals surface area contributed by atoms with Gasteiger partial charge >= 0.3 is 0 Å². The summed E-state index contributed by atoms with van der Waals surface area (Å²) in [5, 5.41) is 10.0. The Bertz CT molecular complexity index is 826. The molecule has 1 aromatic carbocycles. The summed E-state index contributed by atoms with van der Waals surface area (Å²) in [6.45, 7) is 7.96. The molecule has 4 atom stereocenters. The van der Waals surface area contributed by atoms with Crippen molar-refractivity contribution < 1.29 is 14.7 Å². The number of nitrogens with two attached hydrogens (primary N) is 1. The molecule has 0 bridgehead atoms. The van der Waals surface area contributed by atoms with E-state index >= 15 is 0 Å². The van der Waals surface area contributed by atoms with Gasteiger partial charge in [0.1, 0.15) is 5.75 Å². The third-order valence-corrected chi connectivity index (χ3v) is 7.61. The Labute approximate surface area is 170 Å². The standard InChI is InChI=1S/C21H28ClN3O3/c1-11-10-24(20(28)17-15(22)4-5-16(26)18(17)23)6-7-25(11)19(27)12-8-13-14(9-12)21(13,2)3/h4-5,11-14,26H,6-10,23H2,1-3H3/t11-,12?,13-,14+/m1/s1. The summed E-state index contributed by atoms with van der Waals surface area (Å²) in [6.07, 6.45) is 2.00. The average Bonchev–Trinajstić information content (AvgIpc) is 3.00. The minimum atomic E-state index is -0.304. The Hall–Kier alpha value is -1.95. The van der Waals surface area contributed by atoms with Crippen LogP contribution in [0.2, 0.25) is 5.02 Å². The van der Waals surface area contributed by atoms with Crippen molar-refractivity contribution in [3.05, 3.63) is 22.7 Å². The number of aromatic hydroxyl groups is 1. The topological polar surface area (TPSA) is 86.9 Å². The Morgan fingerprint density at radius 3 is 2.46 bits per heavy atom. The van der Waals surface area contributed by atoms with Crippen LogP contribution in [0, 0.1) is 23.2 Å². The zero-order chi connectivity index (χ0) is 20.4. The Kier molecular flexibility index (Phi) is 4.53. The third kappa shape index (κ3) is 2.93. The molecule has 1 aromatic rings. The molecule has 0 radical (unpaired) electrons. The van der Waals surface area contributed by atoms with Crippen LogP contribution < -0.4 is 5.73 Å². The van der Waals surface area contributed by atoms with Crippen LogP contribution in [0.1, 0.15) is 44.0 Å². The molecule has 3 N–H and O–H groups in total. The van der Waals surface area contributed by atoms with Gasteiger partial charge in [-0.25, -0.2) is 0 Å². The van der Waals surface area contributed by atoms with Crippen LogP contribution in [0.5, 0.6) is 5.75 Å². The van der Waals surface area contributed by atoms with Crippen molar-refractivity contribution in [3.63, 3.8) is 0 Å². The summed E-state index contributed by atoms with van der Waals surface area (Å²) >= 11 is 6.15. The quantitative estimate of drug-likeness (QED) is 0.585. The van der Waals surface area contributed by atoms with Gasteiger partial charge in [0.15, 0.2) is 0 Å². The number of phenolic OH excluding ortho intramolecular Hbond substituents is 1. The molecule has 7 heteroatoms. The van der Waals surface area contributed by atoms with Gasteiger partial charge in [-0.15, -0.1) is 0 Å². The van der Waals surface area contributed by atoms with Crippen LogP contribution in [0.3, 0.4) is 0 Å². The van der Waals surface area contributed by atoms with E-state index in [0.717, 1.165) is 12.8 Å². The van der Waals surface area contributed by atoms with Gasteiger partial charge in [-0.1, -0.05) is 25.4 Å². The number of hydrogen-bond acceptors (Lipinski definition) is 4. The normalized spacial score (nSPS) is 30.9. The Balaban J connectivity index is 1.41. The average molecular weight is 406 g/mol. The van der Waals surface area contributed by atoms with E-state index in [-0.39, 0.29) is 45.8 Å². The van der Waals surface area contributed by atoms with Gasteiger partial charge in [0.05, 0.1) is 16.3 Å². The number of nitrogens with zero attached hydrogens (tertiary/aromatic N) is 2. The summed E-state index contributed by atoms with van der Waals surface area (Å²) in [7, 11) is 0. The van der Waals surface area contributed by atoms with Crippen molar-refractivity contribution in [2.24, 2.45) is 23.2 Å². The van der Waals surface area contributed by atoms with Gasteiger partial charge in [-0.3, -0.25) is 9.59 Å². The van der Waals surface area contributed by atoms with Crippen molar-refractivity contribution in [3.8, 4) is 5.75 Å². The second kappa shape index (κ2) is 6.55. The van der Waals surface area contributed by atoms with Gasteiger partial charge in [0.25, 0.3) is 5.91 Å². The summed E-state index contributed by atoms with van der Waals surface area (Å²) in [5.74, 6) is 1.28. The highest BCUT2D eigenvalue weighted by Gasteiger charge is 2.63. The van der Waals surface area contributed by atoms with E-state index in [1.807, 2.05) is 11.8 Å². The Morgan fingerprint density at radius 1 is 1.21 bits per heavy atom. The molecule has 3 aliphatic rings. The molecular weight excluding hydrogens is 378 g/mol. The summed E-state index contributed by atoms with van der Waals surface area (Å²) in [4.78, 5) is 29.6.